The molecule has 1 unspecified atom stereocenters. The average molecular weight is 287 g/mol. The lowest BCUT2D eigenvalue weighted by Gasteiger charge is -2.31. The lowest BCUT2D eigenvalue weighted by Crippen LogP contribution is -2.54. The molecule has 1 N–H and O–H groups in total. The number of carbonyl (C=O) groups excluding carboxylic acids is 2. The van der Waals surface area contributed by atoms with E-state index < -0.39 is 23.2 Å². The molecule has 20 heavy (non-hydrogen) atoms. The Balaban J connectivity index is 4.97. The molecular formula is C15H29NO4. The molecule has 0 heterocycles. The zero-order valence-electron chi connectivity index (χ0n) is 14.0. The summed E-state index contributed by atoms with van der Waals surface area (Å²) < 4.78 is 10.6. The highest BCUT2D eigenvalue weighted by molar-refractivity contribution is 5.89. The van der Waals surface area contributed by atoms with E-state index in [1.807, 2.05) is 20.8 Å². The molecule has 5 heteroatoms. The number of methoxy groups -OCH3 is 1. The second kappa shape index (κ2) is 7.07. The molecule has 2 atom stereocenters. The molecule has 0 aromatic heterocycles. The van der Waals surface area contributed by atoms with Gasteiger partial charge in [-0.25, -0.2) is 4.79 Å². The molecule has 0 aromatic carbocycles. The van der Waals surface area contributed by atoms with E-state index >= 15 is 0 Å². The van der Waals surface area contributed by atoms with Gasteiger partial charge in [0.25, 0.3) is 5.91 Å². The summed E-state index contributed by atoms with van der Waals surface area (Å²) in [7, 11) is 1.49. The first-order valence-electron chi connectivity index (χ1n) is 7.05. The predicted molar refractivity (Wildman–Crippen MR) is 78.3 cm³/mol. The fourth-order valence-corrected chi connectivity index (χ4v) is 1.55. The van der Waals surface area contributed by atoms with Crippen molar-refractivity contribution in [3.63, 3.8) is 0 Å². The van der Waals surface area contributed by atoms with Crippen LogP contribution in [0.1, 0.15) is 54.9 Å². The van der Waals surface area contributed by atoms with Crippen LogP contribution < -0.4 is 5.32 Å². The Kier molecular flexibility index (Phi) is 6.68. The second-order valence-electron chi connectivity index (χ2n) is 6.52. The minimum atomic E-state index is -0.935. The van der Waals surface area contributed by atoms with Crippen LogP contribution in [0.15, 0.2) is 0 Å². The average Bonchev–Trinajstić information content (AvgIpc) is 2.31. The van der Waals surface area contributed by atoms with Crippen LogP contribution in [0.5, 0.6) is 0 Å². The quantitative estimate of drug-likeness (QED) is 0.761. The van der Waals surface area contributed by atoms with Crippen molar-refractivity contribution in [3.8, 4) is 0 Å². The molecule has 0 aliphatic heterocycles. The third-order valence-corrected chi connectivity index (χ3v) is 3.22. The predicted octanol–water partition coefficient (Wildman–Crippen LogP) is 2.28. The SMILES string of the molecule is CCC(C)(OC)C(=O)N[C@H](C(=O)OC(C)(C)C)C(C)C. The van der Waals surface area contributed by atoms with Crippen LogP contribution in [0.4, 0.5) is 0 Å². The maximum Gasteiger partial charge on any atom is 0.329 e. The Morgan fingerprint density at radius 3 is 1.95 bits per heavy atom. The van der Waals surface area contributed by atoms with Crippen molar-refractivity contribution in [2.24, 2.45) is 5.92 Å². The Bertz CT molecular complexity index is 340. The molecule has 118 valence electrons. The third kappa shape index (κ3) is 5.49. The van der Waals surface area contributed by atoms with Gasteiger partial charge < -0.3 is 14.8 Å². The molecule has 0 fully saturated rings. The van der Waals surface area contributed by atoms with Gasteiger partial charge in [-0.2, -0.15) is 0 Å². The Morgan fingerprint density at radius 1 is 1.15 bits per heavy atom. The van der Waals surface area contributed by atoms with Gasteiger partial charge in [-0.05, 0) is 40.0 Å². The van der Waals surface area contributed by atoms with Gasteiger partial charge >= 0.3 is 5.97 Å². The molecule has 5 nitrogen and oxygen atoms in total. The van der Waals surface area contributed by atoms with E-state index in [1.165, 1.54) is 7.11 Å². The van der Waals surface area contributed by atoms with Gasteiger partial charge in [-0.1, -0.05) is 20.8 Å². The van der Waals surface area contributed by atoms with Crippen molar-refractivity contribution in [1.82, 2.24) is 5.32 Å². The first-order chi connectivity index (χ1) is 8.96. The minimum Gasteiger partial charge on any atom is -0.458 e. The number of rotatable bonds is 6. The summed E-state index contributed by atoms with van der Waals surface area (Å²) in [5, 5.41) is 2.74. The van der Waals surface area contributed by atoms with Gasteiger partial charge in [0.1, 0.15) is 17.2 Å². The maximum absolute atomic E-state index is 12.3. The largest absolute Gasteiger partial charge is 0.458 e. The van der Waals surface area contributed by atoms with Crippen LogP contribution in [-0.4, -0.2) is 36.2 Å². The van der Waals surface area contributed by atoms with Gasteiger partial charge in [0.05, 0.1) is 0 Å². The summed E-state index contributed by atoms with van der Waals surface area (Å²) in [6.07, 6.45) is 0.522. The van der Waals surface area contributed by atoms with Crippen molar-refractivity contribution in [3.05, 3.63) is 0 Å². The van der Waals surface area contributed by atoms with Crippen molar-refractivity contribution >= 4 is 11.9 Å². The first kappa shape index (κ1) is 18.9. The van der Waals surface area contributed by atoms with Crippen LogP contribution in [0, 0.1) is 5.92 Å². The maximum atomic E-state index is 12.3. The number of amides is 1. The minimum absolute atomic E-state index is 0.0632. The highest BCUT2D eigenvalue weighted by atomic mass is 16.6. The highest BCUT2D eigenvalue weighted by Crippen LogP contribution is 2.17. The van der Waals surface area contributed by atoms with E-state index in [4.69, 9.17) is 9.47 Å². The number of hydrogen-bond donors (Lipinski definition) is 1. The Labute approximate surface area is 122 Å². The van der Waals surface area contributed by atoms with E-state index in [1.54, 1.807) is 27.7 Å². The van der Waals surface area contributed by atoms with E-state index in [0.717, 1.165) is 0 Å². The Hall–Kier alpha value is -1.10. The summed E-state index contributed by atoms with van der Waals surface area (Å²) in [4.78, 5) is 24.4. The van der Waals surface area contributed by atoms with Gasteiger partial charge in [-0.3, -0.25) is 4.79 Å². The molecule has 0 bridgehead atoms. The summed E-state index contributed by atoms with van der Waals surface area (Å²) in [5.74, 6) is -0.783. The number of nitrogens with one attached hydrogen (secondary N) is 1. The van der Waals surface area contributed by atoms with Crippen molar-refractivity contribution < 1.29 is 19.1 Å². The van der Waals surface area contributed by atoms with Crippen molar-refractivity contribution in [2.75, 3.05) is 7.11 Å². The fourth-order valence-electron chi connectivity index (χ4n) is 1.55. The molecule has 0 spiro atoms. The van der Waals surface area contributed by atoms with Crippen LogP contribution in [0.3, 0.4) is 0 Å². The lowest BCUT2D eigenvalue weighted by molar-refractivity contribution is -0.162. The molecule has 0 aromatic rings. The second-order valence-corrected chi connectivity index (χ2v) is 6.52. The topological polar surface area (TPSA) is 64.6 Å². The number of hydrogen-bond acceptors (Lipinski definition) is 4. The van der Waals surface area contributed by atoms with E-state index in [-0.39, 0.29) is 11.8 Å². The van der Waals surface area contributed by atoms with Crippen LogP contribution in [0.25, 0.3) is 0 Å². The van der Waals surface area contributed by atoms with E-state index in [9.17, 15) is 9.59 Å². The summed E-state index contributed by atoms with van der Waals surface area (Å²) in [6, 6.07) is -0.678. The standard InChI is InChI=1S/C15H29NO4/c1-9-15(7,19-8)13(18)16-11(10(2)3)12(17)20-14(4,5)6/h10-11H,9H2,1-8H3,(H,16,18)/t11-,15?/m0/s1. The lowest BCUT2D eigenvalue weighted by atomic mass is 9.99. The number of esters is 1. The van der Waals surface area contributed by atoms with Gasteiger partial charge in [0, 0.05) is 7.11 Å². The van der Waals surface area contributed by atoms with Crippen molar-refractivity contribution in [2.45, 2.75) is 72.1 Å². The van der Waals surface area contributed by atoms with Gasteiger partial charge in [-0.15, -0.1) is 0 Å². The van der Waals surface area contributed by atoms with E-state index in [0.29, 0.717) is 6.42 Å². The molecule has 0 rings (SSSR count). The van der Waals surface area contributed by atoms with Gasteiger partial charge in [0.15, 0.2) is 0 Å². The molecule has 0 aliphatic carbocycles. The highest BCUT2D eigenvalue weighted by Gasteiger charge is 2.36. The summed E-state index contributed by atoms with van der Waals surface area (Å²) >= 11 is 0. The van der Waals surface area contributed by atoms with Crippen LogP contribution in [0.2, 0.25) is 0 Å². The van der Waals surface area contributed by atoms with Crippen molar-refractivity contribution in [1.29, 1.82) is 0 Å². The monoisotopic (exact) mass is 287 g/mol. The number of carbonyl (C=O) groups is 2. The molecule has 0 saturated carbocycles. The smallest absolute Gasteiger partial charge is 0.329 e. The Morgan fingerprint density at radius 2 is 1.65 bits per heavy atom. The molecular weight excluding hydrogens is 258 g/mol. The molecule has 0 aliphatic rings. The zero-order valence-corrected chi connectivity index (χ0v) is 14.0. The van der Waals surface area contributed by atoms with Crippen LogP contribution >= 0.6 is 0 Å². The molecule has 0 radical (unpaired) electrons. The van der Waals surface area contributed by atoms with E-state index in [2.05, 4.69) is 5.32 Å². The third-order valence-electron chi connectivity index (χ3n) is 3.22. The van der Waals surface area contributed by atoms with Crippen LogP contribution in [-0.2, 0) is 19.1 Å². The zero-order chi connectivity index (χ0) is 16.1. The molecule has 1 amide bonds. The first-order valence-corrected chi connectivity index (χ1v) is 7.05. The fraction of sp³-hybridized carbons (Fsp3) is 0.867. The molecule has 0 saturated heterocycles. The normalized spacial score (nSPS) is 16.4. The van der Waals surface area contributed by atoms with Gasteiger partial charge in [0.2, 0.25) is 0 Å². The summed E-state index contributed by atoms with van der Waals surface area (Å²) in [5.41, 5.74) is -1.51. The number of ether oxygens (including phenoxy) is 2. The summed E-state index contributed by atoms with van der Waals surface area (Å²) in [6.45, 7) is 12.7.